The minimum Gasteiger partial charge on any atom is -0.495 e. The van der Waals surface area contributed by atoms with Gasteiger partial charge in [-0.2, -0.15) is 0 Å². The molecular weight excluding hydrogens is 244 g/mol. The van der Waals surface area contributed by atoms with Gasteiger partial charge in [0, 0.05) is 7.11 Å². The highest BCUT2D eigenvalue weighted by atomic mass is 16.5. The molecule has 0 aliphatic rings. The van der Waals surface area contributed by atoms with Gasteiger partial charge in [0.05, 0.1) is 25.4 Å². The lowest BCUT2D eigenvalue weighted by Gasteiger charge is -2.17. The van der Waals surface area contributed by atoms with Crippen LogP contribution >= 0.6 is 0 Å². The molecule has 0 aliphatic carbocycles. The van der Waals surface area contributed by atoms with Crippen LogP contribution in [-0.4, -0.2) is 32.9 Å². The Labute approximate surface area is 114 Å². The van der Waals surface area contributed by atoms with Crippen LogP contribution in [0.2, 0.25) is 0 Å². The van der Waals surface area contributed by atoms with E-state index in [-0.39, 0.29) is 12.1 Å². The first-order valence-corrected chi connectivity index (χ1v) is 6.31. The standard InChI is InChI=1S/C14H22N2O3/c1-5-11(9-18-3)15-14(17)16-12-8-10(2)6-7-13(12)19-4/h6-8,11H,5,9H2,1-4H3,(H2,15,16,17). The Kier molecular flexibility index (Phi) is 6.15. The number of ether oxygens (including phenoxy) is 2. The van der Waals surface area contributed by atoms with Crippen molar-refractivity contribution >= 4 is 11.7 Å². The fourth-order valence-electron chi connectivity index (χ4n) is 1.73. The zero-order chi connectivity index (χ0) is 14.3. The van der Waals surface area contributed by atoms with Crippen molar-refractivity contribution in [3.8, 4) is 5.75 Å². The predicted molar refractivity (Wildman–Crippen MR) is 75.8 cm³/mol. The first-order chi connectivity index (χ1) is 9.10. The number of hydrogen-bond donors (Lipinski definition) is 2. The third-order valence-electron chi connectivity index (χ3n) is 2.80. The number of nitrogens with one attached hydrogen (secondary N) is 2. The summed E-state index contributed by atoms with van der Waals surface area (Å²) >= 11 is 0. The predicted octanol–water partition coefficient (Wildman–Crippen LogP) is 2.55. The van der Waals surface area contributed by atoms with Gasteiger partial charge in [0.2, 0.25) is 0 Å². The molecule has 5 heteroatoms. The second-order valence-electron chi connectivity index (χ2n) is 4.36. The summed E-state index contributed by atoms with van der Waals surface area (Å²) in [6.07, 6.45) is 0.812. The molecule has 0 aliphatic heterocycles. The van der Waals surface area contributed by atoms with Gasteiger partial charge < -0.3 is 20.1 Å². The van der Waals surface area contributed by atoms with Gasteiger partial charge >= 0.3 is 6.03 Å². The van der Waals surface area contributed by atoms with Crippen molar-refractivity contribution in [1.29, 1.82) is 0 Å². The maximum absolute atomic E-state index is 11.9. The number of rotatable bonds is 6. The number of methoxy groups -OCH3 is 2. The number of carbonyl (C=O) groups excluding carboxylic acids is 1. The second kappa shape index (κ2) is 7.63. The maximum Gasteiger partial charge on any atom is 0.319 e. The third kappa shape index (κ3) is 4.79. The van der Waals surface area contributed by atoms with Crippen LogP contribution in [0.15, 0.2) is 18.2 Å². The molecule has 1 aromatic carbocycles. The van der Waals surface area contributed by atoms with Crippen molar-refractivity contribution in [2.45, 2.75) is 26.3 Å². The normalized spacial score (nSPS) is 11.8. The van der Waals surface area contributed by atoms with Crippen molar-refractivity contribution in [2.75, 3.05) is 26.1 Å². The first kappa shape index (κ1) is 15.3. The van der Waals surface area contributed by atoms with Crippen LogP contribution in [-0.2, 0) is 4.74 Å². The Bertz CT molecular complexity index is 421. The summed E-state index contributed by atoms with van der Waals surface area (Å²) in [4.78, 5) is 11.9. The van der Waals surface area contributed by atoms with Gasteiger partial charge in [-0.3, -0.25) is 0 Å². The Morgan fingerprint density at radius 1 is 1.37 bits per heavy atom. The Morgan fingerprint density at radius 2 is 2.11 bits per heavy atom. The van der Waals surface area contributed by atoms with Crippen molar-refractivity contribution in [2.24, 2.45) is 0 Å². The number of aryl methyl sites for hydroxylation is 1. The Morgan fingerprint density at radius 3 is 2.68 bits per heavy atom. The molecule has 0 fully saturated rings. The lowest BCUT2D eigenvalue weighted by Crippen LogP contribution is -2.40. The van der Waals surface area contributed by atoms with Crippen LogP contribution in [0.1, 0.15) is 18.9 Å². The Balaban J connectivity index is 2.68. The third-order valence-corrected chi connectivity index (χ3v) is 2.80. The molecule has 0 spiro atoms. The molecular formula is C14H22N2O3. The summed E-state index contributed by atoms with van der Waals surface area (Å²) < 4.78 is 10.3. The van der Waals surface area contributed by atoms with Gasteiger partial charge in [-0.15, -0.1) is 0 Å². The summed E-state index contributed by atoms with van der Waals surface area (Å²) in [6, 6.07) is 5.38. The topological polar surface area (TPSA) is 59.6 Å². The first-order valence-electron chi connectivity index (χ1n) is 6.31. The van der Waals surface area contributed by atoms with Gasteiger partial charge in [-0.25, -0.2) is 4.79 Å². The van der Waals surface area contributed by atoms with E-state index >= 15 is 0 Å². The van der Waals surface area contributed by atoms with Gasteiger partial charge in [0.15, 0.2) is 0 Å². The molecule has 2 amide bonds. The van der Waals surface area contributed by atoms with Gasteiger partial charge in [-0.05, 0) is 31.0 Å². The molecule has 2 N–H and O–H groups in total. The van der Waals surface area contributed by atoms with E-state index in [1.54, 1.807) is 14.2 Å². The maximum atomic E-state index is 11.9. The molecule has 0 radical (unpaired) electrons. The molecule has 5 nitrogen and oxygen atoms in total. The van der Waals surface area contributed by atoms with Crippen LogP contribution in [0.5, 0.6) is 5.75 Å². The summed E-state index contributed by atoms with van der Waals surface area (Å²) in [5.74, 6) is 0.639. The number of anilines is 1. The van der Waals surface area contributed by atoms with Gasteiger partial charge in [0.1, 0.15) is 5.75 Å². The van der Waals surface area contributed by atoms with Crippen molar-refractivity contribution in [3.05, 3.63) is 23.8 Å². The van der Waals surface area contributed by atoms with E-state index in [4.69, 9.17) is 9.47 Å². The number of amides is 2. The molecule has 1 rings (SSSR count). The van der Waals surface area contributed by atoms with E-state index < -0.39 is 0 Å². The smallest absolute Gasteiger partial charge is 0.319 e. The van der Waals surface area contributed by atoms with E-state index in [0.717, 1.165) is 12.0 Å². The van der Waals surface area contributed by atoms with E-state index in [0.29, 0.717) is 18.0 Å². The molecule has 0 heterocycles. The van der Waals surface area contributed by atoms with Crippen molar-refractivity contribution in [3.63, 3.8) is 0 Å². The van der Waals surface area contributed by atoms with Gasteiger partial charge in [0.25, 0.3) is 0 Å². The summed E-state index contributed by atoms with van der Waals surface area (Å²) in [5, 5.41) is 5.65. The van der Waals surface area contributed by atoms with Crippen molar-refractivity contribution in [1.82, 2.24) is 5.32 Å². The summed E-state index contributed by atoms with van der Waals surface area (Å²) in [5.41, 5.74) is 1.72. The van der Waals surface area contributed by atoms with Crippen LogP contribution in [0.3, 0.4) is 0 Å². The highest BCUT2D eigenvalue weighted by molar-refractivity contribution is 5.91. The summed E-state index contributed by atoms with van der Waals surface area (Å²) in [7, 11) is 3.19. The minimum atomic E-state index is -0.257. The van der Waals surface area contributed by atoms with Gasteiger partial charge in [-0.1, -0.05) is 13.0 Å². The monoisotopic (exact) mass is 266 g/mol. The SMILES string of the molecule is CCC(COC)NC(=O)Nc1cc(C)ccc1OC. The molecule has 19 heavy (non-hydrogen) atoms. The van der Waals surface area contributed by atoms with E-state index in [1.165, 1.54) is 0 Å². The van der Waals surface area contributed by atoms with E-state index in [9.17, 15) is 4.79 Å². The highest BCUT2D eigenvalue weighted by Gasteiger charge is 2.12. The Hall–Kier alpha value is -1.75. The number of urea groups is 1. The average Bonchev–Trinajstić information content (AvgIpc) is 2.38. The average molecular weight is 266 g/mol. The van der Waals surface area contributed by atoms with E-state index in [1.807, 2.05) is 32.0 Å². The van der Waals surface area contributed by atoms with Crippen molar-refractivity contribution < 1.29 is 14.3 Å². The molecule has 106 valence electrons. The lowest BCUT2D eigenvalue weighted by atomic mass is 10.2. The van der Waals surface area contributed by atoms with Crippen LogP contribution in [0.25, 0.3) is 0 Å². The fourth-order valence-corrected chi connectivity index (χ4v) is 1.73. The van der Waals surface area contributed by atoms with E-state index in [2.05, 4.69) is 10.6 Å². The highest BCUT2D eigenvalue weighted by Crippen LogP contribution is 2.24. The molecule has 0 saturated heterocycles. The van der Waals surface area contributed by atoms with Crippen LogP contribution in [0.4, 0.5) is 10.5 Å². The molecule has 1 aromatic rings. The largest absolute Gasteiger partial charge is 0.495 e. The zero-order valence-electron chi connectivity index (χ0n) is 11.9. The molecule has 1 unspecified atom stereocenters. The zero-order valence-corrected chi connectivity index (χ0v) is 11.9. The second-order valence-corrected chi connectivity index (χ2v) is 4.36. The molecule has 0 aromatic heterocycles. The number of carbonyl (C=O) groups is 1. The lowest BCUT2D eigenvalue weighted by molar-refractivity contribution is 0.165. The van der Waals surface area contributed by atoms with Crippen LogP contribution < -0.4 is 15.4 Å². The quantitative estimate of drug-likeness (QED) is 0.832. The number of hydrogen-bond acceptors (Lipinski definition) is 3. The minimum absolute atomic E-state index is 0.000745. The molecule has 0 saturated carbocycles. The molecule has 1 atom stereocenters. The van der Waals surface area contributed by atoms with Crippen LogP contribution in [0, 0.1) is 6.92 Å². The number of benzene rings is 1. The molecule has 0 bridgehead atoms. The fraction of sp³-hybridized carbons (Fsp3) is 0.500. The summed E-state index contributed by atoms with van der Waals surface area (Å²) in [6.45, 7) is 4.45.